The molecule has 13 heteroatoms. The molecule has 0 bridgehead atoms. The molecule has 0 saturated heterocycles. The molecule has 4 aromatic rings. The number of alkyl halides is 3. The molecule has 0 aromatic carbocycles. The van der Waals surface area contributed by atoms with E-state index in [0.29, 0.717) is 0 Å². The topological polar surface area (TPSA) is 95.6 Å². The minimum absolute atomic E-state index is 0.103. The van der Waals surface area contributed by atoms with Crippen molar-refractivity contribution < 1.29 is 21.6 Å². The highest BCUT2D eigenvalue weighted by atomic mass is 35.5. The Morgan fingerprint density at radius 1 is 1.23 bits per heavy atom. The summed E-state index contributed by atoms with van der Waals surface area (Å²) < 4.78 is 66.6. The van der Waals surface area contributed by atoms with E-state index in [1.807, 2.05) is 0 Å². The van der Waals surface area contributed by atoms with Gasteiger partial charge in [-0.25, -0.2) is 22.8 Å². The van der Waals surface area contributed by atoms with Crippen LogP contribution in [-0.2, 0) is 16.0 Å². The molecule has 8 nitrogen and oxygen atoms in total. The van der Waals surface area contributed by atoms with Gasteiger partial charge in [0.1, 0.15) is 15.7 Å². The molecular weight excluding hydrogens is 445 g/mol. The van der Waals surface area contributed by atoms with E-state index >= 15 is 0 Å². The summed E-state index contributed by atoms with van der Waals surface area (Å²) in [7, 11) is -3.76. The Labute approximate surface area is 172 Å². The van der Waals surface area contributed by atoms with Gasteiger partial charge in [0.2, 0.25) is 0 Å². The van der Waals surface area contributed by atoms with Crippen LogP contribution in [-0.4, -0.2) is 43.7 Å². The standard InChI is InChI=1S/C17H12ClF3N6O2S/c1-2-30(28,29)12-4-5-14(26-7-3-6-23-26)24-16(12)27-15(18)10-9-22-13(17(19,20)21)8-11(10)25-27/h3-9H,2H2,1H3. The Bertz CT molecular complexity index is 1350. The van der Waals surface area contributed by atoms with Gasteiger partial charge in [0.05, 0.1) is 16.7 Å². The van der Waals surface area contributed by atoms with Crippen molar-refractivity contribution in [3.05, 3.63) is 53.7 Å². The van der Waals surface area contributed by atoms with Gasteiger partial charge >= 0.3 is 6.18 Å². The third-order valence-electron chi connectivity index (χ3n) is 4.27. The van der Waals surface area contributed by atoms with Crippen molar-refractivity contribution in [3.8, 4) is 11.6 Å². The Morgan fingerprint density at radius 2 is 2.00 bits per heavy atom. The fourth-order valence-corrected chi connectivity index (χ4v) is 4.02. The lowest BCUT2D eigenvalue weighted by Crippen LogP contribution is -2.13. The maximum atomic E-state index is 13.0. The van der Waals surface area contributed by atoms with Gasteiger partial charge < -0.3 is 0 Å². The molecule has 156 valence electrons. The highest BCUT2D eigenvalue weighted by Gasteiger charge is 2.33. The van der Waals surface area contributed by atoms with Crippen LogP contribution in [0.25, 0.3) is 22.5 Å². The number of hydrogen-bond donors (Lipinski definition) is 0. The van der Waals surface area contributed by atoms with Gasteiger partial charge in [0.25, 0.3) is 0 Å². The molecule has 4 heterocycles. The molecule has 0 atom stereocenters. The number of halogens is 4. The molecule has 0 radical (unpaired) electrons. The van der Waals surface area contributed by atoms with Crippen molar-refractivity contribution in [1.29, 1.82) is 0 Å². The van der Waals surface area contributed by atoms with E-state index in [0.717, 1.165) is 16.9 Å². The smallest absolute Gasteiger partial charge is 0.251 e. The van der Waals surface area contributed by atoms with Crippen LogP contribution in [0.15, 0.2) is 47.8 Å². The van der Waals surface area contributed by atoms with Crippen LogP contribution >= 0.6 is 11.6 Å². The quantitative estimate of drug-likeness (QED) is 0.466. The van der Waals surface area contributed by atoms with Crippen LogP contribution in [0.2, 0.25) is 5.15 Å². The fraction of sp³-hybridized carbons (Fsp3) is 0.176. The molecular formula is C17H12ClF3N6O2S. The lowest BCUT2D eigenvalue weighted by molar-refractivity contribution is -0.141. The number of rotatable bonds is 4. The average molecular weight is 457 g/mol. The second-order valence-corrected chi connectivity index (χ2v) is 8.74. The minimum atomic E-state index is -4.67. The molecule has 0 aliphatic rings. The second-order valence-electron chi connectivity index (χ2n) is 6.13. The van der Waals surface area contributed by atoms with Gasteiger partial charge in [-0.1, -0.05) is 18.5 Å². The van der Waals surface area contributed by atoms with Crippen LogP contribution < -0.4 is 0 Å². The molecule has 30 heavy (non-hydrogen) atoms. The van der Waals surface area contributed by atoms with Gasteiger partial charge in [0, 0.05) is 18.6 Å². The first-order valence-corrected chi connectivity index (χ1v) is 10.5. The maximum Gasteiger partial charge on any atom is 0.433 e. The normalized spacial score (nSPS) is 12.6. The Morgan fingerprint density at radius 3 is 2.63 bits per heavy atom. The minimum Gasteiger partial charge on any atom is -0.251 e. The number of sulfone groups is 1. The molecule has 0 unspecified atom stereocenters. The summed E-state index contributed by atoms with van der Waals surface area (Å²) >= 11 is 6.32. The van der Waals surface area contributed by atoms with Crippen LogP contribution in [0.4, 0.5) is 13.2 Å². The zero-order valence-electron chi connectivity index (χ0n) is 15.2. The number of nitrogens with zero attached hydrogens (tertiary/aromatic N) is 6. The highest BCUT2D eigenvalue weighted by Crippen LogP contribution is 2.33. The van der Waals surface area contributed by atoms with Crippen molar-refractivity contribution in [2.24, 2.45) is 0 Å². The first kappa shape index (κ1) is 20.3. The van der Waals surface area contributed by atoms with Gasteiger partial charge in [-0.15, -0.1) is 0 Å². The highest BCUT2D eigenvalue weighted by molar-refractivity contribution is 7.91. The van der Waals surface area contributed by atoms with Crippen LogP contribution in [0.3, 0.4) is 0 Å². The monoisotopic (exact) mass is 456 g/mol. The lowest BCUT2D eigenvalue weighted by atomic mass is 10.3. The van der Waals surface area contributed by atoms with Crippen molar-refractivity contribution in [2.45, 2.75) is 18.0 Å². The summed E-state index contributed by atoms with van der Waals surface area (Å²) in [6, 6.07) is 5.18. The zero-order chi connectivity index (χ0) is 21.7. The van der Waals surface area contributed by atoms with Crippen molar-refractivity contribution in [1.82, 2.24) is 29.5 Å². The third kappa shape index (κ3) is 3.41. The lowest BCUT2D eigenvalue weighted by Gasteiger charge is -2.11. The summed E-state index contributed by atoms with van der Waals surface area (Å²) in [6.07, 6.45) is -0.618. The molecule has 4 aromatic heterocycles. The molecule has 0 N–H and O–H groups in total. The first-order chi connectivity index (χ1) is 14.1. The largest absolute Gasteiger partial charge is 0.433 e. The summed E-state index contributed by atoms with van der Waals surface area (Å²) in [6.45, 7) is 1.46. The summed E-state index contributed by atoms with van der Waals surface area (Å²) in [4.78, 5) is 7.53. The van der Waals surface area contributed by atoms with Gasteiger partial charge in [0.15, 0.2) is 21.5 Å². The van der Waals surface area contributed by atoms with Crippen LogP contribution in [0.5, 0.6) is 0 Å². The number of pyridine rings is 2. The summed E-state index contributed by atoms with van der Waals surface area (Å²) in [5.74, 6) is -0.101. The maximum absolute atomic E-state index is 13.0. The summed E-state index contributed by atoms with van der Waals surface area (Å²) in [5.41, 5.74) is -1.25. The van der Waals surface area contributed by atoms with E-state index in [9.17, 15) is 21.6 Å². The third-order valence-corrected chi connectivity index (χ3v) is 6.38. The van der Waals surface area contributed by atoms with E-state index in [2.05, 4.69) is 20.2 Å². The number of fused-ring (bicyclic) bond motifs is 1. The van der Waals surface area contributed by atoms with Gasteiger partial charge in [-0.2, -0.15) is 23.4 Å². The Balaban J connectivity index is 1.99. The Kier molecular flexibility index (Phi) is 4.77. The van der Waals surface area contributed by atoms with Crippen molar-refractivity contribution >= 4 is 32.3 Å². The van der Waals surface area contributed by atoms with E-state index in [-0.39, 0.29) is 38.3 Å². The predicted molar refractivity (Wildman–Crippen MR) is 102 cm³/mol. The fourth-order valence-electron chi connectivity index (χ4n) is 2.76. The molecule has 0 aliphatic heterocycles. The van der Waals surface area contributed by atoms with Gasteiger partial charge in [-0.05, 0) is 24.3 Å². The SMILES string of the molecule is CCS(=O)(=O)c1ccc(-n2cccn2)nc1-n1nc2cc(C(F)(F)F)ncc2c1Cl. The van der Waals surface area contributed by atoms with Crippen LogP contribution in [0, 0.1) is 0 Å². The van der Waals surface area contributed by atoms with Gasteiger partial charge in [-0.3, -0.25) is 4.98 Å². The molecule has 0 saturated carbocycles. The van der Waals surface area contributed by atoms with E-state index in [4.69, 9.17) is 11.6 Å². The molecule has 0 aliphatic carbocycles. The molecule has 0 amide bonds. The van der Waals surface area contributed by atoms with E-state index in [1.54, 1.807) is 12.3 Å². The second kappa shape index (κ2) is 7.06. The Hall–Kier alpha value is -2.99. The van der Waals surface area contributed by atoms with Crippen molar-refractivity contribution in [3.63, 3.8) is 0 Å². The van der Waals surface area contributed by atoms with Crippen molar-refractivity contribution in [2.75, 3.05) is 5.75 Å². The number of aromatic nitrogens is 6. The van der Waals surface area contributed by atoms with E-state index in [1.165, 1.54) is 29.9 Å². The summed E-state index contributed by atoms with van der Waals surface area (Å²) in [5, 5.41) is 8.12. The first-order valence-electron chi connectivity index (χ1n) is 8.47. The molecule has 0 fully saturated rings. The predicted octanol–water partition coefficient (Wildman–Crippen LogP) is 3.47. The average Bonchev–Trinajstić information content (AvgIpc) is 3.35. The molecule has 4 rings (SSSR count). The van der Waals surface area contributed by atoms with E-state index < -0.39 is 21.7 Å². The number of hydrogen-bond acceptors (Lipinski definition) is 6. The van der Waals surface area contributed by atoms with Crippen LogP contribution in [0.1, 0.15) is 12.6 Å². The molecule has 0 spiro atoms. The zero-order valence-corrected chi connectivity index (χ0v) is 16.7.